The molecule has 1 heterocycles. The van der Waals surface area contributed by atoms with Crippen molar-refractivity contribution in [2.24, 2.45) is 16.3 Å². The van der Waals surface area contributed by atoms with Crippen molar-refractivity contribution in [3.63, 3.8) is 0 Å². The number of carbonyl (C=O) groups is 1. The zero-order valence-corrected chi connectivity index (χ0v) is 24.2. The lowest BCUT2D eigenvalue weighted by Gasteiger charge is -2.33. The maximum Gasteiger partial charge on any atom is 0.269 e. The first-order chi connectivity index (χ1) is 19.7. The van der Waals surface area contributed by atoms with E-state index < -0.39 is 4.92 Å². The number of hydrogen-bond donors (Lipinski definition) is 1. The topological polar surface area (TPSA) is 93.8 Å². The van der Waals surface area contributed by atoms with Gasteiger partial charge in [0.1, 0.15) is 17.4 Å². The maximum absolute atomic E-state index is 13.6. The number of amides is 1. The van der Waals surface area contributed by atoms with Crippen LogP contribution in [0, 0.1) is 21.4 Å². The van der Waals surface area contributed by atoms with E-state index in [9.17, 15) is 14.9 Å². The van der Waals surface area contributed by atoms with Gasteiger partial charge >= 0.3 is 0 Å². The van der Waals surface area contributed by atoms with Gasteiger partial charge in [0.15, 0.2) is 0 Å². The Morgan fingerprint density at radius 1 is 1.10 bits per heavy atom. The van der Waals surface area contributed by atoms with Gasteiger partial charge in [0.25, 0.3) is 11.6 Å². The lowest BCUT2D eigenvalue weighted by atomic mass is 9.72. The van der Waals surface area contributed by atoms with Crippen molar-refractivity contribution < 1.29 is 14.5 Å². The number of thiophene rings is 1. The number of nitro benzene ring substituents is 1. The lowest BCUT2D eigenvalue weighted by molar-refractivity contribution is -0.384. The second kappa shape index (κ2) is 12.1. The number of fused-ring (bicyclic) bond motifs is 1. The summed E-state index contributed by atoms with van der Waals surface area (Å²) in [6.45, 7) is 7.15. The van der Waals surface area contributed by atoms with Crippen molar-refractivity contribution >= 4 is 39.8 Å². The number of carbonyl (C=O) groups excluding carboxylic acids is 1. The first kappa shape index (κ1) is 28.2. The molecular weight excluding hydrogens is 534 g/mol. The number of benzene rings is 3. The average Bonchev–Trinajstić information content (AvgIpc) is 3.33. The molecule has 3 aromatic carbocycles. The van der Waals surface area contributed by atoms with Crippen molar-refractivity contribution in [2.45, 2.75) is 46.6 Å². The number of aliphatic imine (C=N–C) groups is 1. The summed E-state index contributed by atoms with van der Waals surface area (Å²) in [5.41, 5.74) is 4.48. The standard InChI is InChI=1S/C33H33N3O4S/c1-33(2,3)24-14-17-28-29(19-24)41-32(30(28)31(37)35-25-9-5-4-6-10-25)34-20-23-8-7-11-27(18-23)40-21-22-12-15-26(16-13-22)36(38)39/h4-13,15-16,18,20,24H,14,17,19,21H2,1-3H3,(H,35,37)/t24-/m0/s1. The normalized spacial score (nSPS) is 15.0. The third-order valence-corrected chi connectivity index (χ3v) is 8.63. The summed E-state index contributed by atoms with van der Waals surface area (Å²) in [7, 11) is 0. The van der Waals surface area contributed by atoms with E-state index in [1.54, 1.807) is 29.7 Å². The summed E-state index contributed by atoms with van der Waals surface area (Å²) < 4.78 is 5.93. The highest BCUT2D eigenvalue weighted by Gasteiger charge is 2.33. The molecule has 1 amide bonds. The van der Waals surface area contributed by atoms with E-state index >= 15 is 0 Å². The van der Waals surface area contributed by atoms with Crippen molar-refractivity contribution in [3.05, 3.63) is 116 Å². The van der Waals surface area contributed by atoms with Crippen molar-refractivity contribution in [2.75, 3.05) is 5.32 Å². The molecule has 5 rings (SSSR count). The van der Waals surface area contributed by atoms with Gasteiger partial charge in [-0.2, -0.15) is 0 Å². The number of non-ortho nitro benzene ring substituents is 1. The lowest BCUT2D eigenvalue weighted by Crippen LogP contribution is -2.27. The van der Waals surface area contributed by atoms with Crippen LogP contribution in [-0.2, 0) is 19.4 Å². The van der Waals surface area contributed by atoms with E-state index in [-0.39, 0.29) is 23.6 Å². The number of nitro groups is 1. The summed E-state index contributed by atoms with van der Waals surface area (Å²) in [4.78, 5) is 30.1. The minimum absolute atomic E-state index is 0.0490. The molecule has 1 N–H and O–H groups in total. The van der Waals surface area contributed by atoms with Gasteiger partial charge in [-0.25, -0.2) is 4.99 Å². The highest BCUT2D eigenvalue weighted by Crippen LogP contribution is 2.45. The molecule has 0 unspecified atom stereocenters. The summed E-state index contributed by atoms with van der Waals surface area (Å²) >= 11 is 1.62. The SMILES string of the molecule is CC(C)(C)[C@H]1CCc2c(sc(N=Cc3cccc(OCc4ccc([N+](=O)[O-])cc4)c3)c2C(=O)Nc2ccccc2)C1. The van der Waals surface area contributed by atoms with Gasteiger partial charge in [-0.3, -0.25) is 14.9 Å². The molecular formula is C33H33N3O4S. The molecule has 0 radical (unpaired) electrons. The second-order valence-electron chi connectivity index (χ2n) is 11.4. The summed E-state index contributed by atoms with van der Waals surface area (Å²) in [5.74, 6) is 1.09. The van der Waals surface area contributed by atoms with E-state index in [0.717, 1.165) is 46.6 Å². The number of nitrogens with zero attached hydrogens (tertiary/aromatic N) is 2. The molecule has 1 aliphatic rings. The van der Waals surface area contributed by atoms with Crippen molar-refractivity contribution in [3.8, 4) is 5.75 Å². The molecule has 7 nitrogen and oxygen atoms in total. The third kappa shape index (κ3) is 6.89. The molecule has 1 aromatic heterocycles. The van der Waals surface area contributed by atoms with E-state index in [4.69, 9.17) is 9.73 Å². The van der Waals surface area contributed by atoms with Crippen molar-refractivity contribution in [1.82, 2.24) is 0 Å². The minimum Gasteiger partial charge on any atom is -0.489 e. The number of rotatable bonds is 8. The fourth-order valence-corrected chi connectivity index (χ4v) is 6.32. The maximum atomic E-state index is 13.6. The zero-order chi connectivity index (χ0) is 29.0. The third-order valence-electron chi connectivity index (χ3n) is 7.47. The van der Waals surface area contributed by atoms with Gasteiger partial charge < -0.3 is 10.1 Å². The number of anilines is 1. The van der Waals surface area contributed by atoms with Gasteiger partial charge in [-0.15, -0.1) is 11.3 Å². The quantitative estimate of drug-likeness (QED) is 0.131. The smallest absolute Gasteiger partial charge is 0.269 e. The van der Waals surface area contributed by atoms with Crippen LogP contribution in [0.25, 0.3) is 0 Å². The Bertz CT molecular complexity index is 1570. The second-order valence-corrected chi connectivity index (χ2v) is 12.4. The van der Waals surface area contributed by atoms with E-state index in [2.05, 4.69) is 26.1 Å². The Balaban J connectivity index is 1.37. The molecule has 1 atom stereocenters. The number of nitrogens with one attached hydrogen (secondary N) is 1. The van der Waals surface area contributed by atoms with Crippen LogP contribution in [-0.4, -0.2) is 17.0 Å². The highest BCUT2D eigenvalue weighted by atomic mass is 32.1. The average molecular weight is 568 g/mol. The van der Waals surface area contributed by atoms with Crippen LogP contribution in [0.5, 0.6) is 5.75 Å². The Kier molecular flexibility index (Phi) is 8.31. The molecule has 8 heteroatoms. The van der Waals surface area contributed by atoms with Gasteiger partial charge in [0.2, 0.25) is 0 Å². The van der Waals surface area contributed by atoms with Gasteiger partial charge in [-0.05, 0) is 83.7 Å². The van der Waals surface area contributed by atoms with E-state index in [0.29, 0.717) is 17.2 Å². The molecule has 41 heavy (non-hydrogen) atoms. The predicted molar refractivity (Wildman–Crippen MR) is 165 cm³/mol. The first-order valence-corrected chi connectivity index (χ1v) is 14.5. The minimum atomic E-state index is -0.420. The Hall–Kier alpha value is -4.30. The predicted octanol–water partition coefficient (Wildman–Crippen LogP) is 8.39. The zero-order valence-electron chi connectivity index (χ0n) is 23.4. The van der Waals surface area contributed by atoms with Crippen LogP contribution < -0.4 is 10.1 Å². The highest BCUT2D eigenvalue weighted by molar-refractivity contribution is 7.16. The summed E-state index contributed by atoms with van der Waals surface area (Å²) in [6.07, 6.45) is 4.65. The van der Waals surface area contributed by atoms with Crippen LogP contribution >= 0.6 is 11.3 Å². The Labute approximate surface area is 244 Å². The van der Waals surface area contributed by atoms with Gasteiger partial charge in [-0.1, -0.05) is 51.1 Å². The van der Waals surface area contributed by atoms with Crippen molar-refractivity contribution in [1.29, 1.82) is 0 Å². The van der Waals surface area contributed by atoms with Crippen LogP contribution in [0.3, 0.4) is 0 Å². The Morgan fingerprint density at radius 2 is 1.85 bits per heavy atom. The van der Waals surface area contributed by atoms with Crippen LogP contribution in [0.15, 0.2) is 83.9 Å². The molecule has 4 aromatic rings. The van der Waals surface area contributed by atoms with E-state index in [1.807, 2.05) is 54.6 Å². The molecule has 210 valence electrons. The molecule has 0 bridgehead atoms. The largest absolute Gasteiger partial charge is 0.489 e. The number of ether oxygens (including phenoxy) is 1. The van der Waals surface area contributed by atoms with Crippen LogP contribution in [0.1, 0.15) is 59.1 Å². The fourth-order valence-electron chi connectivity index (χ4n) is 5.05. The first-order valence-electron chi connectivity index (χ1n) is 13.7. The van der Waals surface area contributed by atoms with Crippen LogP contribution in [0.4, 0.5) is 16.4 Å². The number of hydrogen-bond acceptors (Lipinski definition) is 6. The molecule has 0 fully saturated rings. The number of para-hydroxylation sites is 1. The fraction of sp³-hybridized carbons (Fsp3) is 0.273. The molecule has 0 spiro atoms. The van der Waals surface area contributed by atoms with Gasteiger partial charge in [0.05, 0.1) is 10.5 Å². The monoisotopic (exact) mass is 567 g/mol. The molecule has 0 saturated heterocycles. The summed E-state index contributed by atoms with van der Waals surface area (Å²) in [5, 5.41) is 14.7. The van der Waals surface area contributed by atoms with Crippen LogP contribution in [0.2, 0.25) is 0 Å². The summed E-state index contributed by atoms with van der Waals surface area (Å²) in [6, 6.07) is 23.4. The molecule has 1 aliphatic carbocycles. The Morgan fingerprint density at radius 3 is 2.56 bits per heavy atom. The van der Waals surface area contributed by atoms with E-state index in [1.165, 1.54) is 17.0 Å². The molecule has 0 aliphatic heterocycles. The van der Waals surface area contributed by atoms with Gasteiger partial charge in [0, 0.05) is 28.9 Å². The molecule has 0 saturated carbocycles.